The molecule has 0 unspecified atom stereocenters. The first kappa shape index (κ1) is 16.7. The number of nitrogens with zero attached hydrogens (tertiary/aromatic N) is 2. The number of nitrogens with two attached hydrogens (primary N) is 1. The molecule has 2 aromatic carbocycles. The lowest BCUT2D eigenvalue weighted by Crippen LogP contribution is -2.15. The summed E-state index contributed by atoms with van der Waals surface area (Å²) in [6.07, 6.45) is 0. The van der Waals surface area contributed by atoms with Gasteiger partial charge in [-0.1, -0.05) is 28.4 Å². The number of nitro benzene ring substituents is 1. The molecule has 2 rings (SSSR count). The summed E-state index contributed by atoms with van der Waals surface area (Å²) >= 11 is 11.6. The highest BCUT2D eigenvalue weighted by Gasteiger charge is 2.16. The molecule has 0 amide bonds. The van der Waals surface area contributed by atoms with Crippen molar-refractivity contribution in [3.8, 4) is 0 Å². The van der Waals surface area contributed by atoms with E-state index in [2.05, 4.69) is 5.16 Å². The Balaban J connectivity index is 2.14. The molecule has 23 heavy (non-hydrogen) atoms. The smallest absolute Gasteiger partial charge is 0.367 e. The van der Waals surface area contributed by atoms with E-state index < -0.39 is 10.9 Å². The molecular formula is C14H9Cl2N3O4. The van der Waals surface area contributed by atoms with Crippen LogP contribution >= 0.6 is 23.2 Å². The van der Waals surface area contributed by atoms with Gasteiger partial charge in [-0.05, 0) is 30.3 Å². The van der Waals surface area contributed by atoms with E-state index in [0.29, 0.717) is 10.6 Å². The quantitative estimate of drug-likeness (QED) is 0.298. The molecule has 0 aliphatic rings. The summed E-state index contributed by atoms with van der Waals surface area (Å²) in [5.74, 6) is -0.921. The molecule has 0 aliphatic heterocycles. The van der Waals surface area contributed by atoms with Crippen molar-refractivity contribution in [1.82, 2.24) is 0 Å². The minimum absolute atomic E-state index is 0.0342. The molecular weight excluding hydrogens is 345 g/mol. The third kappa shape index (κ3) is 4.18. The zero-order chi connectivity index (χ0) is 17.0. The topological polar surface area (TPSA) is 108 Å². The maximum Gasteiger partial charge on any atom is 0.367 e. The number of rotatable bonds is 4. The SMILES string of the molecule is N/C(=N\OC(=O)c1ccc([N+](=O)[O-])cc1Cl)c1ccc(Cl)cc1. The summed E-state index contributed by atoms with van der Waals surface area (Å²) in [6, 6.07) is 9.78. The van der Waals surface area contributed by atoms with Crippen molar-refractivity contribution >= 4 is 40.7 Å². The van der Waals surface area contributed by atoms with E-state index >= 15 is 0 Å². The number of amidine groups is 1. The summed E-state index contributed by atoms with van der Waals surface area (Å²) in [7, 11) is 0. The summed E-state index contributed by atoms with van der Waals surface area (Å²) in [6.45, 7) is 0. The Labute approximate surface area is 140 Å². The van der Waals surface area contributed by atoms with Crippen LogP contribution < -0.4 is 5.73 Å². The van der Waals surface area contributed by atoms with E-state index in [4.69, 9.17) is 33.8 Å². The Morgan fingerprint density at radius 1 is 1.17 bits per heavy atom. The van der Waals surface area contributed by atoms with Gasteiger partial charge < -0.3 is 10.6 Å². The second-order valence-corrected chi connectivity index (χ2v) is 5.13. The molecule has 0 aliphatic carbocycles. The van der Waals surface area contributed by atoms with Gasteiger partial charge in [0, 0.05) is 22.7 Å². The van der Waals surface area contributed by atoms with Crippen LogP contribution in [0, 0.1) is 10.1 Å². The van der Waals surface area contributed by atoms with Crippen LogP contribution in [0.15, 0.2) is 47.6 Å². The molecule has 0 bridgehead atoms. The summed E-state index contributed by atoms with van der Waals surface area (Å²) in [5, 5.41) is 14.5. The first-order chi connectivity index (χ1) is 10.9. The highest BCUT2D eigenvalue weighted by molar-refractivity contribution is 6.33. The Hall–Kier alpha value is -2.64. The number of non-ortho nitro benzene ring substituents is 1. The minimum Gasteiger partial charge on any atom is -0.380 e. The first-order valence-electron chi connectivity index (χ1n) is 6.13. The normalized spacial score (nSPS) is 11.1. The van der Waals surface area contributed by atoms with Crippen molar-refractivity contribution in [2.75, 3.05) is 0 Å². The fraction of sp³-hybridized carbons (Fsp3) is 0. The van der Waals surface area contributed by atoms with Crippen LogP contribution in [0.3, 0.4) is 0 Å². The van der Waals surface area contributed by atoms with Crippen molar-refractivity contribution in [3.05, 3.63) is 73.8 Å². The maximum atomic E-state index is 11.9. The molecule has 0 radical (unpaired) electrons. The van der Waals surface area contributed by atoms with Crippen LogP contribution in [0.2, 0.25) is 10.0 Å². The zero-order valence-electron chi connectivity index (χ0n) is 11.4. The van der Waals surface area contributed by atoms with E-state index in [-0.39, 0.29) is 22.1 Å². The second kappa shape index (κ2) is 7.08. The summed E-state index contributed by atoms with van der Waals surface area (Å²) < 4.78 is 0. The molecule has 0 atom stereocenters. The van der Waals surface area contributed by atoms with E-state index in [1.54, 1.807) is 24.3 Å². The molecule has 2 N–H and O–H groups in total. The van der Waals surface area contributed by atoms with Crippen LogP contribution in [0.25, 0.3) is 0 Å². The first-order valence-corrected chi connectivity index (χ1v) is 6.89. The predicted molar refractivity (Wildman–Crippen MR) is 85.7 cm³/mol. The molecule has 0 fully saturated rings. The van der Waals surface area contributed by atoms with Gasteiger partial charge in [0.15, 0.2) is 5.84 Å². The van der Waals surface area contributed by atoms with Crippen molar-refractivity contribution in [1.29, 1.82) is 0 Å². The summed E-state index contributed by atoms with van der Waals surface area (Å²) in [5.41, 5.74) is 5.89. The Bertz CT molecular complexity index is 791. The number of halogens is 2. The van der Waals surface area contributed by atoms with Crippen LogP contribution in [0.1, 0.15) is 15.9 Å². The van der Waals surface area contributed by atoms with Gasteiger partial charge in [-0.2, -0.15) is 0 Å². The number of carbonyl (C=O) groups is 1. The van der Waals surface area contributed by atoms with Gasteiger partial charge in [0.25, 0.3) is 5.69 Å². The standard InChI is InChI=1S/C14H9Cl2N3O4/c15-9-3-1-8(2-4-9)13(17)18-23-14(20)11-6-5-10(19(21)22)7-12(11)16/h1-7H,(H2,17,18). The van der Waals surface area contributed by atoms with Crippen LogP contribution in [0.4, 0.5) is 5.69 Å². The number of hydrogen-bond acceptors (Lipinski definition) is 5. The molecule has 7 nitrogen and oxygen atoms in total. The van der Waals surface area contributed by atoms with Gasteiger partial charge in [-0.25, -0.2) is 4.79 Å². The molecule has 118 valence electrons. The Morgan fingerprint density at radius 2 is 1.83 bits per heavy atom. The molecule has 2 aromatic rings. The minimum atomic E-state index is -0.887. The lowest BCUT2D eigenvalue weighted by molar-refractivity contribution is -0.384. The molecule has 0 saturated heterocycles. The second-order valence-electron chi connectivity index (χ2n) is 4.28. The molecule has 0 aromatic heterocycles. The largest absolute Gasteiger partial charge is 0.380 e. The van der Waals surface area contributed by atoms with Crippen molar-refractivity contribution in [2.24, 2.45) is 10.9 Å². The predicted octanol–water partition coefficient (Wildman–Crippen LogP) is 3.38. The Morgan fingerprint density at radius 3 is 2.39 bits per heavy atom. The van der Waals surface area contributed by atoms with Gasteiger partial charge in [0.2, 0.25) is 0 Å². The monoisotopic (exact) mass is 353 g/mol. The third-order valence-electron chi connectivity index (χ3n) is 2.75. The van der Waals surface area contributed by atoms with E-state index in [1.165, 1.54) is 6.07 Å². The van der Waals surface area contributed by atoms with Crippen molar-refractivity contribution < 1.29 is 14.6 Å². The highest BCUT2D eigenvalue weighted by Crippen LogP contribution is 2.23. The van der Waals surface area contributed by atoms with Gasteiger partial charge in [-0.15, -0.1) is 0 Å². The number of hydrogen-bond donors (Lipinski definition) is 1. The van der Waals surface area contributed by atoms with E-state index in [9.17, 15) is 14.9 Å². The van der Waals surface area contributed by atoms with Gasteiger partial charge >= 0.3 is 5.97 Å². The van der Waals surface area contributed by atoms with Crippen molar-refractivity contribution in [2.45, 2.75) is 0 Å². The molecule has 0 spiro atoms. The molecule has 0 saturated carbocycles. The third-order valence-corrected chi connectivity index (χ3v) is 3.31. The van der Waals surface area contributed by atoms with E-state index in [1.807, 2.05) is 0 Å². The lowest BCUT2D eigenvalue weighted by atomic mass is 10.2. The van der Waals surface area contributed by atoms with Crippen LogP contribution in [-0.4, -0.2) is 16.7 Å². The van der Waals surface area contributed by atoms with Crippen LogP contribution in [-0.2, 0) is 4.84 Å². The maximum absolute atomic E-state index is 11.9. The summed E-state index contributed by atoms with van der Waals surface area (Å²) in [4.78, 5) is 26.6. The number of nitro groups is 1. The van der Waals surface area contributed by atoms with Gasteiger partial charge in [0.05, 0.1) is 15.5 Å². The molecule has 0 heterocycles. The number of oxime groups is 1. The highest BCUT2D eigenvalue weighted by atomic mass is 35.5. The fourth-order valence-corrected chi connectivity index (χ4v) is 1.97. The lowest BCUT2D eigenvalue weighted by Gasteiger charge is -2.03. The fourth-order valence-electron chi connectivity index (χ4n) is 1.60. The average Bonchev–Trinajstić information content (AvgIpc) is 2.52. The average molecular weight is 354 g/mol. The van der Waals surface area contributed by atoms with Gasteiger partial charge in [0.1, 0.15) is 0 Å². The van der Waals surface area contributed by atoms with E-state index in [0.717, 1.165) is 12.1 Å². The number of carbonyl (C=O) groups excluding carboxylic acids is 1. The molecule has 9 heteroatoms. The zero-order valence-corrected chi connectivity index (χ0v) is 12.9. The van der Waals surface area contributed by atoms with Gasteiger partial charge in [-0.3, -0.25) is 10.1 Å². The van der Waals surface area contributed by atoms with Crippen LogP contribution in [0.5, 0.6) is 0 Å². The number of benzene rings is 2. The Kier molecular flexibility index (Phi) is 5.15. The van der Waals surface area contributed by atoms with Crippen molar-refractivity contribution in [3.63, 3.8) is 0 Å².